The molecular weight excluding hydrogens is 306 g/mol. The van der Waals surface area contributed by atoms with Crippen LogP contribution in [0, 0.1) is 0 Å². The number of hydrogen-bond acceptors (Lipinski definition) is 6. The van der Waals surface area contributed by atoms with Crippen LogP contribution < -0.4 is 10.1 Å². The van der Waals surface area contributed by atoms with Crippen molar-refractivity contribution in [3.63, 3.8) is 0 Å². The van der Waals surface area contributed by atoms with Gasteiger partial charge in [-0.15, -0.1) is 0 Å². The molecule has 0 saturated heterocycles. The van der Waals surface area contributed by atoms with Crippen molar-refractivity contribution in [3.05, 3.63) is 29.8 Å². The number of carbonyl (C=O) groups is 1. The number of sulfonamides is 1. The van der Waals surface area contributed by atoms with Gasteiger partial charge in [0.15, 0.2) is 0 Å². The molecule has 0 amide bonds. The van der Waals surface area contributed by atoms with Crippen molar-refractivity contribution in [2.45, 2.75) is 20.3 Å². The van der Waals surface area contributed by atoms with E-state index >= 15 is 0 Å². The number of hydrazone groups is 1. The highest BCUT2D eigenvalue weighted by molar-refractivity contribution is 7.89. The van der Waals surface area contributed by atoms with Gasteiger partial charge in [0.05, 0.1) is 18.0 Å². The number of esters is 1. The lowest BCUT2D eigenvalue weighted by atomic mass is 10.1. The first-order valence-corrected chi connectivity index (χ1v) is 8.50. The molecule has 0 atom stereocenters. The quantitative estimate of drug-likeness (QED) is 0.424. The molecule has 0 heterocycles. The third-order valence-electron chi connectivity index (χ3n) is 2.85. The fraction of sp³-hybridized carbons (Fsp3) is 0.429. The Morgan fingerprint density at radius 3 is 2.45 bits per heavy atom. The highest BCUT2D eigenvalue weighted by atomic mass is 32.2. The summed E-state index contributed by atoms with van der Waals surface area (Å²) in [5.74, 6) is -0.431. The summed E-state index contributed by atoms with van der Waals surface area (Å²) in [4.78, 5) is 11.4. The van der Waals surface area contributed by atoms with Crippen LogP contribution in [-0.2, 0) is 26.0 Å². The van der Waals surface area contributed by atoms with E-state index in [1.807, 2.05) is 12.1 Å². The fourth-order valence-electron chi connectivity index (χ4n) is 1.53. The second-order valence-electron chi connectivity index (χ2n) is 4.50. The largest absolute Gasteiger partial charge is 0.461 e. The number of benzene rings is 1. The Morgan fingerprint density at radius 1 is 1.27 bits per heavy atom. The lowest BCUT2D eigenvalue weighted by Crippen LogP contribution is -2.23. The summed E-state index contributed by atoms with van der Waals surface area (Å²) in [6, 6.07) is 7.15. The molecule has 0 aliphatic heterocycles. The van der Waals surface area contributed by atoms with Gasteiger partial charge in [-0.25, -0.2) is 17.9 Å². The monoisotopic (exact) mass is 327 g/mol. The molecule has 0 radical (unpaired) electrons. The minimum Gasteiger partial charge on any atom is -0.461 e. The molecule has 0 spiro atoms. The average Bonchev–Trinajstić information content (AvgIpc) is 2.52. The fourth-order valence-corrected chi connectivity index (χ4v) is 2.24. The number of nitrogens with one attached hydrogen (secondary N) is 2. The molecule has 0 aliphatic rings. The van der Waals surface area contributed by atoms with Crippen molar-refractivity contribution in [1.29, 1.82) is 0 Å². The zero-order chi connectivity index (χ0) is 16.6. The van der Waals surface area contributed by atoms with Crippen LogP contribution >= 0.6 is 0 Å². The van der Waals surface area contributed by atoms with Gasteiger partial charge in [-0.1, -0.05) is 12.1 Å². The van der Waals surface area contributed by atoms with E-state index in [1.54, 1.807) is 26.0 Å². The van der Waals surface area contributed by atoms with Crippen molar-refractivity contribution in [2.24, 2.45) is 5.10 Å². The number of anilines is 1. The van der Waals surface area contributed by atoms with Crippen molar-refractivity contribution in [2.75, 3.05) is 24.8 Å². The van der Waals surface area contributed by atoms with Gasteiger partial charge in [-0.3, -0.25) is 5.43 Å². The highest BCUT2D eigenvalue weighted by Gasteiger charge is 2.07. The van der Waals surface area contributed by atoms with Crippen molar-refractivity contribution < 1.29 is 17.9 Å². The Labute approximate surface area is 130 Å². The topological polar surface area (TPSA) is 96.9 Å². The lowest BCUT2D eigenvalue weighted by Gasteiger charge is -2.05. The van der Waals surface area contributed by atoms with E-state index in [9.17, 15) is 13.2 Å². The van der Waals surface area contributed by atoms with Gasteiger partial charge in [-0.05, 0) is 45.0 Å². The Bertz CT molecular complexity index is 624. The maximum absolute atomic E-state index is 11.4. The Balaban J connectivity index is 2.58. The van der Waals surface area contributed by atoms with Crippen molar-refractivity contribution in [3.8, 4) is 0 Å². The summed E-state index contributed by atoms with van der Waals surface area (Å²) in [5.41, 5.74) is 4.58. The van der Waals surface area contributed by atoms with Crippen LogP contribution in [0.4, 0.5) is 5.69 Å². The zero-order valence-corrected chi connectivity index (χ0v) is 13.7. The number of aryl methyl sites for hydroxylation is 1. The molecule has 0 aliphatic carbocycles. The molecule has 8 heteroatoms. The SMILES string of the molecule is CCOC(=O)/C(C)=N/Nc1ccc(CCS(=O)(=O)NC)cc1. The molecule has 1 rings (SSSR count). The van der Waals surface area contributed by atoms with Crippen LogP contribution in [-0.4, -0.2) is 39.5 Å². The van der Waals surface area contributed by atoms with Gasteiger partial charge in [0.25, 0.3) is 0 Å². The standard InChI is InChI=1S/C14H21N3O4S/c1-4-21-14(18)11(2)16-17-13-7-5-12(6-8-13)9-10-22(19,20)15-3/h5-8,15,17H,4,9-10H2,1-3H3/b16-11+. The van der Waals surface area contributed by atoms with Gasteiger partial charge >= 0.3 is 5.97 Å². The molecule has 122 valence electrons. The molecule has 2 N–H and O–H groups in total. The molecule has 1 aromatic rings. The second-order valence-corrected chi connectivity index (χ2v) is 6.55. The van der Waals surface area contributed by atoms with E-state index in [4.69, 9.17) is 4.74 Å². The van der Waals surface area contributed by atoms with Crippen LogP contribution in [0.25, 0.3) is 0 Å². The predicted molar refractivity (Wildman–Crippen MR) is 86.4 cm³/mol. The van der Waals surface area contributed by atoms with Crippen LogP contribution in [0.5, 0.6) is 0 Å². The molecule has 1 aromatic carbocycles. The average molecular weight is 327 g/mol. The van der Waals surface area contributed by atoms with E-state index in [0.29, 0.717) is 18.7 Å². The zero-order valence-electron chi connectivity index (χ0n) is 12.9. The van der Waals surface area contributed by atoms with E-state index in [2.05, 4.69) is 15.2 Å². The number of nitrogens with zero attached hydrogens (tertiary/aromatic N) is 1. The first kappa shape index (κ1) is 18.1. The van der Waals surface area contributed by atoms with Crippen LogP contribution in [0.2, 0.25) is 0 Å². The summed E-state index contributed by atoms with van der Waals surface area (Å²) in [7, 11) is -1.81. The van der Waals surface area contributed by atoms with E-state index in [0.717, 1.165) is 5.56 Å². The van der Waals surface area contributed by atoms with E-state index in [-0.39, 0.29) is 11.5 Å². The number of hydrogen-bond donors (Lipinski definition) is 2. The minimum atomic E-state index is -3.20. The van der Waals surface area contributed by atoms with Crippen molar-refractivity contribution in [1.82, 2.24) is 4.72 Å². The highest BCUT2D eigenvalue weighted by Crippen LogP contribution is 2.10. The van der Waals surface area contributed by atoms with Gasteiger partial charge in [0.2, 0.25) is 10.0 Å². The van der Waals surface area contributed by atoms with Crippen LogP contribution in [0.1, 0.15) is 19.4 Å². The summed E-state index contributed by atoms with van der Waals surface area (Å²) in [6.45, 7) is 3.59. The smallest absolute Gasteiger partial charge is 0.354 e. The Kier molecular flexibility index (Phi) is 7.00. The van der Waals surface area contributed by atoms with Gasteiger partial charge < -0.3 is 4.74 Å². The normalized spacial score (nSPS) is 12.0. The number of ether oxygens (including phenoxy) is 1. The van der Waals surface area contributed by atoms with Gasteiger partial charge in [0.1, 0.15) is 5.71 Å². The summed E-state index contributed by atoms with van der Waals surface area (Å²) >= 11 is 0. The van der Waals surface area contributed by atoms with Crippen LogP contribution in [0.3, 0.4) is 0 Å². The summed E-state index contributed by atoms with van der Waals surface area (Å²) in [5, 5.41) is 3.93. The summed E-state index contributed by atoms with van der Waals surface area (Å²) in [6.07, 6.45) is 0.425. The molecule has 0 aromatic heterocycles. The molecule has 22 heavy (non-hydrogen) atoms. The molecule has 0 unspecified atom stereocenters. The minimum absolute atomic E-state index is 0.0381. The first-order valence-electron chi connectivity index (χ1n) is 6.85. The molecule has 0 bridgehead atoms. The van der Waals surface area contributed by atoms with E-state index in [1.165, 1.54) is 7.05 Å². The van der Waals surface area contributed by atoms with Crippen molar-refractivity contribution >= 4 is 27.4 Å². The van der Waals surface area contributed by atoms with Crippen LogP contribution in [0.15, 0.2) is 29.4 Å². The Morgan fingerprint density at radius 2 is 1.91 bits per heavy atom. The van der Waals surface area contributed by atoms with E-state index < -0.39 is 16.0 Å². The molecule has 7 nitrogen and oxygen atoms in total. The number of carbonyl (C=O) groups excluding carboxylic acids is 1. The Hall–Kier alpha value is -1.93. The maximum atomic E-state index is 11.4. The summed E-state index contributed by atoms with van der Waals surface area (Å²) < 4.78 is 29.8. The lowest BCUT2D eigenvalue weighted by molar-refractivity contribution is -0.135. The number of rotatable bonds is 8. The molecular formula is C14H21N3O4S. The molecule has 0 saturated carbocycles. The van der Waals surface area contributed by atoms with Gasteiger partial charge in [-0.2, -0.15) is 5.10 Å². The molecule has 0 fully saturated rings. The predicted octanol–water partition coefficient (Wildman–Crippen LogP) is 1.13. The first-order chi connectivity index (χ1) is 10.4. The van der Waals surface area contributed by atoms with Gasteiger partial charge in [0, 0.05) is 0 Å². The second kappa shape index (κ2) is 8.50. The maximum Gasteiger partial charge on any atom is 0.354 e. The third kappa shape index (κ3) is 6.23. The third-order valence-corrected chi connectivity index (χ3v) is 4.21.